The Balaban J connectivity index is 1.99. The molecular weight excluding hydrogens is 291 g/mol. The number of hydrogen-bond donors (Lipinski definition) is 0. The maximum absolute atomic E-state index is 12.0. The van der Waals surface area contributed by atoms with Gasteiger partial charge in [0.05, 0.1) is 12.3 Å². The fourth-order valence-electron chi connectivity index (χ4n) is 1.76. The van der Waals surface area contributed by atoms with Gasteiger partial charge in [-0.05, 0) is 36.8 Å². The molecule has 2 rings (SSSR count). The van der Waals surface area contributed by atoms with Gasteiger partial charge >= 0.3 is 12.3 Å². The first-order valence-corrected chi connectivity index (χ1v) is 6.14. The van der Waals surface area contributed by atoms with Gasteiger partial charge in [0, 0.05) is 6.42 Å². The molecule has 0 radical (unpaired) electrons. The monoisotopic (exact) mass is 303 g/mol. The second kappa shape index (κ2) is 6.02. The molecule has 0 amide bonds. The molecule has 1 aliphatic heterocycles. The second-order valence-electron chi connectivity index (χ2n) is 4.16. The van der Waals surface area contributed by atoms with Crippen molar-refractivity contribution in [2.75, 3.05) is 6.61 Å². The predicted molar refractivity (Wildman–Crippen MR) is 65.8 cm³/mol. The van der Waals surface area contributed by atoms with Crippen molar-refractivity contribution in [3.8, 4) is 5.75 Å². The van der Waals surface area contributed by atoms with Crippen LogP contribution in [0.3, 0.4) is 0 Å². The average molecular weight is 303 g/mol. The van der Waals surface area contributed by atoms with Crippen LogP contribution in [0.5, 0.6) is 5.75 Å². The lowest BCUT2D eigenvalue weighted by atomic mass is 10.1. The number of ether oxygens (including phenoxy) is 2. The van der Waals surface area contributed by atoms with Gasteiger partial charge in [0.1, 0.15) is 5.75 Å². The number of hydrogen-bond acceptors (Lipinski definition) is 5. The standard InChI is InChI=1S/C13H12F3NO4/c1-2-19-12(18)11-7-10(17-21-11)8-3-5-9(6-4-8)20-13(14,15)16/h3-6,11H,2,7H2,1H3. The molecule has 8 heteroatoms. The first-order valence-electron chi connectivity index (χ1n) is 6.14. The molecule has 1 unspecified atom stereocenters. The van der Waals surface area contributed by atoms with Crippen LogP contribution in [0, 0.1) is 0 Å². The summed E-state index contributed by atoms with van der Waals surface area (Å²) in [7, 11) is 0. The van der Waals surface area contributed by atoms with Gasteiger partial charge in [-0.2, -0.15) is 0 Å². The molecule has 0 aliphatic carbocycles. The molecule has 21 heavy (non-hydrogen) atoms. The molecule has 1 aromatic carbocycles. The van der Waals surface area contributed by atoms with E-state index >= 15 is 0 Å². The number of halogens is 3. The summed E-state index contributed by atoms with van der Waals surface area (Å²) in [6, 6.07) is 5.17. The molecule has 1 aromatic rings. The van der Waals surface area contributed by atoms with Crippen LogP contribution in [0.2, 0.25) is 0 Å². The van der Waals surface area contributed by atoms with Crippen molar-refractivity contribution in [2.45, 2.75) is 25.8 Å². The second-order valence-corrected chi connectivity index (χ2v) is 4.16. The molecule has 1 atom stereocenters. The van der Waals surface area contributed by atoms with Crippen LogP contribution < -0.4 is 4.74 Å². The number of alkyl halides is 3. The van der Waals surface area contributed by atoms with Crippen LogP contribution in [0.25, 0.3) is 0 Å². The van der Waals surface area contributed by atoms with Gasteiger partial charge < -0.3 is 14.3 Å². The van der Waals surface area contributed by atoms with E-state index in [4.69, 9.17) is 9.57 Å². The highest BCUT2D eigenvalue weighted by atomic mass is 19.4. The SMILES string of the molecule is CCOC(=O)C1CC(c2ccc(OC(F)(F)F)cc2)=NO1. The number of benzene rings is 1. The van der Waals surface area contributed by atoms with Crippen molar-refractivity contribution in [2.24, 2.45) is 5.16 Å². The molecule has 114 valence electrons. The fourth-order valence-corrected chi connectivity index (χ4v) is 1.76. The minimum atomic E-state index is -4.73. The van der Waals surface area contributed by atoms with Gasteiger partial charge in [-0.15, -0.1) is 13.2 Å². The van der Waals surface area contributed by atoms with Crippen LogP contribution in [0.1, 0.15) is 18.9 Å². The highest BCUT2D eigenvalue weighted by Crippen LogP contribution is 2.24. The molecule has 0 spiro atoms. The quantitative estimate of drug-likeness (QED) is 0.802. The minimum absolute atomic E-state index is 0.207. The van der Waals surface area contributed by atoms with Crippen molar-refractivity contribution >= 4 is 11.7 Å². The smallest absolute Gasteiger partial charge is 0.463 e. The van der Waals surface area contributed by atoms with Crippen molar-refractivity contribution in [1.82, 2.24) is 0 Å². The normalized spacial score (nSPS) is 17.9. The van der Waals surface area contributed by atoms with Crippen LogP contribution in [-0.4, -0.2) is 30.8 Å². The summed E-state index contributed by atoms with van der Waals surface area (Å²) in [5, 5.41) is 3.75. The summed E-state index contributed by atoms with van der Waals surface area (Å²) in [6.45, 7) is 1.91. The number of esters is 1. The first kappa shape index (κ1) is 15.1. The van der Waals surface area contributed by atoms with E-state index in [0.29, 0.717) is 11.3 Å². The van der Waals surface area contributed by atoms with Gasteiger partial charge in [-0.25, -0.2) is 4.79 Å². The molecule has 0 saturated carbocycles. The minimum Gasteiger partial charge on any atom is -0.463 e. The van der Waals surface area contributed by atoms with E-state index < -0.39 is 18.4 Å². The van der Waals surface area contributed by atoms with Gasteiger partial charge in [-0.3, -0.25) is 0 Å². The maximum Gasteiger partial charge on any atom is 0.573 e. The van der Waals surface area contributed by atoms with E-state index in [1.54, 1.807) is 6.92 Å². The molecular formula is C13H12F3NO4. The van der Waals surface area contributed by atoms with E-state index in [1.165, 1.54) is 24.3 Å². The number of oxime groups is 1. The number of carbonyl (C=O) groups is 1. The summed E-state index contributed by atoms with van der Waals surface area (Å²) in [6.07, 6.45) is -5.34. The van der Waals surface area contributed by atoms with Crippen LogP contribution in [-0.2, 0) is 14.4 Å². The van der Waals surface area contributed by atoms with Gasteiger partial charge in [0.25, 0.3) is 0 Å². The molecule has 0 bridgehead atoms. The maximum atomic E-state index is 12.0. The number of nitrogens with zero attached hydrogens (tertiary/aromatic N) is 1. The highest BCUT2D eigenvalue weighted by molar-refractivity contribution is 6.03. The van der Waals surface area contributed by atoms with Crippen molar-refractivity contribution in [3.05, 3.63) is 29.8 Å². The van der Waals surface area contributed by atoms with E-state index in [0.717, 1.165) is 0 Å². The summed E-state index contributed by atoms with van der Waals surface area (Å²) in [4.78, 5) is 16.4. The highest BCUT2D eigenvalue weighted by Gasteiger charge is 2.32. The molecule has 1 heterocycles. The third-order valence-corrected chi connectivity index (χ3v) is 2.64. The topological polar surface area (TPSA) is 57.1 Å². The van der Waals surface area contributed by atoms with Gasteiger partial charge in [-0.1, -0.05) is 5.16 Å². The van der Waals surface area contributed by atoms with Crippen molar-refractivity contribution < 1.29 is 32.3 Å². The summed E-state index contributed by atoms with van der Waals surface area (Å²) >= 11 is 0. The lowest BCUT2D eigenvalue weighted by Gasteiger charge is -2.09. The van der Waals surface area contributed by atoms with E-state index in [2.05, 4.69) is 9.89 Å². The van der Waals surface area contributed by atoms with Crippen LogP contribution in [0.4, 0.5) is 13.2 Å². The summed E-state index contributed by atoms with van der Waals surface area (Å²) in [5.74, 6) is -0.846. The van der Waals surface area contributed by atoms with Crippen LogP contribution in [0.15, 0.2) is 29.4 Å². The van der Waals surface area contributed by atoms with E-state index in [1.807, 2.05) is 0 Å². The predicted octanol–water partition coefficient (Wildman–Crippen LogP) is 2.64. The lowest BCUT2D eigenvalue weighted by Crippen LogP contribution is -2.23. The van der Waals surface area contributed by atoms with Crippen molar-refractivity contribution in [1.29, 1.82) is 0 Å². The molecule has 0 aromatic heterocycles. The zero-order chi connectivity index (χ0) is 15.5. The zero-order valence-corrected chi connectivity index (χ0v) is 11.0. The Morgan fingerprint density at radius 2 is 2.05 bits per heavy atom. The summed E-state index contributed by atoms with van der Waals surface area (Å²) in [5.41, 5.74) is 1.02. The van der Waals surface area contributed by atoms with E-state index in [9.17, 15) is 18.0 Å². The van der Waals surface area contributed by atoms with Gasteiger partial charge in [0.2, 0.25) is 6.10 Å². The Morgan fingerprint density at radius 3 is 2.62 bits per heavy atom. The fraction of sp³-hybridized carbons (Fsp3) is 0.385. The average Bonchev–Trinajstić information content (AvgIpc) is 2.87. The van der Waals surface area contributed by atoms with E-state index in [-0.39, 0.29) is 18.8 Å². The molecule has 0 saturated heterocycles. The van der Waals surface area contributed by atoms with Crippen molar-refractivity contribution in [3.63, 3.8) is 0 Å². The Bertz CT molecular complexity index is 539. The summed E-state index contributed by atoms with van der Waals surface area (Å²) < 4.78 is 44.7. The Hall–Kier alpha value is -2.25. The Labute approximate surface area is 118 Å². The van der Waals surface area contributed by atoms with Crippen LogP contribution >= 0.6 is 0 Å². The largest absolute Gasteiger partial charge is 0.573 e. The number of carbonyl (C=O) groups excluding carboxylic acids is 1. The third kappa shape index (κ3) is 4.11. The Morgan fingerprint density at radius 1 is 1.38 bits per heavy atom. The number of rotatable bonds is 4. The molecule has 0 fully saturated rings. The third-order valence-electron chi connectivity index (χ3n) is 2.64. The molecule has 5 nitrogen and oxygen atoms in total. The first-order chi connectivity index (χ1) is 9.89. The lowest BCUT2D eigenvalue weighted by molar-refractivity contribution is -0.274. The zero-order valence-electron chi connectivity index (χ0n) is 11.0. The Kier molecular flexibility index (Phi) is 4.35. The molecule has 1 aliphatic rings. The van der Waals surface area contributed by atoms with Gasteiger partial charge in [0.15, 0.2) is 0 Å². The molecule has 0 N–H and O–H groups in total.